The Kier molecular flexibility index (Phi) is 7.50. The summed E-state index contributed by atoms with van der Waals surface area (Å²) in [7, 11) is 1.57. The topological polar surface area (TPSA) is 98.7 Å². The summed E-state index contributed by atoms with van der Waals surface area (Å²) in [5.41, 5.74) is 0.758. The van der Waals surface area contributed by atoms with Crippen LogP contribution in [-0.4, -0.2) is 33.3 Å². The lowest BCUT2D eigenvalue weighted by molar-refractivity contribution is -0.140. The van der Waals surface area contributed by atoms with Gasteiger partial charge < -0.3 is 14.4 Å². The summed E-state index contributed by atoms with van der Waals surface area (Å²) in [6.45, 7) is 5.48. The van der Waals surface area contributed by atoms with Crippen LogP contribution in [0.5, 0.6) is 5.75 Å². The fraction of sp³-hybridized carbons (Fsp3) is 0.400. The molecule has 8 heteroatoms. The Hall–Kier alpha value is -1.61. The average molecular weight is 470 g/mol. The number of carbonyl (C=O) groups is 2. The summed E-state index contributed by atoms with van der Waals surface area (Å²) in [4.78, 5) is 23.2. The smallest absolute Gasteiger partial charge is 0.310 e. The molecule has 0 radical (unpaired) electrons. The van der Waals surface area contributed by atoms with Crippen LogP contribution in [0, 0.1) is 0 Å². The first kappa shape index (κ1) is 22.7. The Morgan fingerprint density at radius 3 is 2.50 bits per heavy atom. The SMILES string of the molecule is COc1ccc2c(Br)ccc([C@H](CC(=O)CC(=O)O)N[S+]([O-])C(C)(C)C)c2c1. The van der Waals surface area contributed by atoms with E-state index < -0.39 is 40.3 Å². The molecule has 0 saturated carbocycles. The maximum Gasteiger partial charge on any atom is 0.310 e. The Labute approximate surface area is 176 Å². The third-order valence-electron chi connectivity index (χ3n) is 4.17. The number of carboxylic acids is 1. The molecule has 0 aliphatic rings. The van der Waals surface area contributed by atoms with Crippen molar-refractivity contribution in [3.63, 3.8) is 0 Å². The lowest BCUT2D eigenvalue weighted by Gasteiger charge is -2.28. The molecule has 0 heterocycles. The molecule has 0 aliphatic heterocycles. The zero-order valence-corrected chi connectivity index (χ0v) is 18.6. The van der Waals surface area contributed by atoms with Crippen LogP contribution in [0.4, 0.5) is 0 Å². The summed E-state index contributed by atoms with van der Waals surface area (Å²) < 4.78 is 21.4. The van der Waals surface area contributed by atoms with E-state index in [9.17, 15) is 14.1 Å². The van der Waals surface area contributed by atoms with E-state index in [2.05, 4.69) is 20.7 Å². The van der Waals surface area contributed by atoms with Crippen molar-refractivity contribution >= 4 is 49.8 Å². The molecular formula is C20H24BrNO5S. The normalized spacial score (nSPS) is 13.9. The molecule has 0 aromatic heterocycles. The Morgan fingerprint density at radius 1 is 1.25 bits per heavy atom. The third kappa shape index (κ3) is 5.70. The zero-order valence-electron chi connectivity index (χ0n) is 16.2. The van der Waals surface area contributed by atoms with Gasteiger partial charge in [0.15, 0.2) is 0 Å². The maximum atomic E-state index is 12.7. The van der Waals surface area contributed by atoms with Crippen molar-refractivity contribution in [1.82, 2.24) is 4.72 Å². The molecular weight excluding hydrogens is 446 g/mol. The quantitative estimate of drug-likeness (QED) is 0.445. The second kappa shape index (κ2) is 9.26. The van der Waals surface area contributed by atoms with Crippen molar-refractivity contribution in [2.75, 3.05) is 7.11 Å². The van der Waals surface area contributed by atoms with Crippen LogP contribution in [0.25, 0.3) is 10.8 Å². The van der Waals surface area contributed by atoms with Gasteiger partial charge in [-0.05, 0) is 61.4 Å². The van der Waals surface area contributed by atoms with Gasteiger partial charge >= 0.3 is 5.97 Å². The van der Waals surface area contributed by atoms with Crippen LogP contribution in [0.1, 0.15) is 45.2 Å². The van der Waals surface area contributed by atoms with Gasteiger partial charge in [0.05, 0.1) is 13.2 Å². The van der Waals surface area contributed by atoms with Gasteiger partial charge in [-0.25, -0.2) is 0 Å². The number of methoxy groups -OCH3 is 1. The Balaban J connectivity index is 2.53. The molecule has 0 bridgehead atoms. The minimum absolute atomic E-state index is 0.0813. The van der Waals surface area contributed by atoms with Gasteiger partial charge in [0.2, 0.25) is 0 Å². The van der Waals surface area contributed by atoms with Crippen LogP contribution in [0.15, 0.2) is 34.8 Å². The van der Waals surface area contributed by atoms with E-state index in [0.717, 1.165) is 20.8 Å². The number of benzene rings is 2. The molecule has 0 spiro atoms. The summed E-state index contributed by atoms with van der Waals surface area (Å²) in [5, 5.41) is 10.7. The molecule has 2 rings (SSSR count). The highest BCUT2D eigenvalue weighted by Crippen LogP contribution is 2.35. The van der Waals surface area contributed by atoms with E-state index in [0.29, 0.717) is 5.75 Å². The first-order valence-corrected chi connectivity index (χ1v) is 10.6. The number of aliphatic carboxylic acids is 1. The van der Waals surface area contributed by atoms with Crippen molar-refractivity contribution in [1.29, 1.82) is 0 Å². The first-order chi connectivity index (χ1) is 13.0. The molecule has 1 unspecified atom stereocenters. The van der Waals surface area contributed by atoms with Crippen molar-refractivity contribution in [3.8, 4) is 5.75 Å². The zero-order chi connectivity index (χ0) is 21.1. The van der Waals surface area contributed by atoms with E-state index in [1.165, 1.54) is 0 Å². The number of hydrogen-bond acceptors (Lipinski definition) is 5. The van der Waals surface area contributed by atoms with Crippen molar-refractivity contribution in [2.45, 2.75) is 44.4 Å². The number of fused-ring (bicyclic) bond motifs is 1. The largest absolute Gasteiger partial charge is 0.598 e. The summed E-state index contributed by atoms with van der Waals surface area (Å²) in [6.07, 6.45) is -0.653. The number of ether oxygens (including phenoxy) is 1. The molecule has 2 aromatic rings. The number of Topliss-reactive ketones (excluding diaryl/α,β-unsaturated/α-hetero) is 1. The van der Waals surface area contributed by atoms with Crippen LogP contribution >= 0.6 is 15.9 Å². The number of nitrogens with one attached hydrogen (secondary N) is 1. The molecule has 2 atom stereocenters. The molecule has 6 nitrogen and oxygen atoms in total. The third-order valence-corrected chi connectivity index (χ3v) is 6.47. The molecule has 0 saturated heterocycles. The molecule has 2 N–H and O–H groups in total. The molecule has 2 aromatic carbocycles. The van der Waals surface area contributed by atoms with Gasteiger partial charge in [-0.3, -0.25) is 9.59 Å². The molecule has 0 fully saturated rings. The van der Waals surface area contributed by atoms with E-state index in [-0.39, 0.29) is 6.42 Å². The summed E-state index contributed by atoms with van der Waals surface area (Å²) >= 11 is 2.08. The van der Waals surface area contributed by atoms with Crippen LogP contribution in [0.3, 0.4) is 0 Å². The predicted molar refractivity (Wildman–Crippen MR) is 114 cm³/mol. The lowest BCUT2D eigenvalue weighted by atomic mass is 9.95. The van der Waals surface area contributed by atoms with Gasteiger partial charge in [0, 0.05) is 22.3 Å². The number of rotatable bonds is 8. The predicted octanol–water partition coefficient (Wildman–Crippen LogP) is 4.14. The minimum atomic E-state index is -1.45. The lowest BCUT2D eigenvalue weighted by Crippen LogP contribution is -2.42. The van der Waals surface area contributed by atoms with Crippen LogP contribution < -0.4 is 9.46 Å². The highest BCUT2D eigenvalue weighted by Gasteiger charge is 2.32. The summed E-state index contributed by atoms with van der Waals surface area (Å²) in [6, 6.07) is 8.69. The first-order valence-electron chi connectivity index (χ1n) is 8.70. The van der Waals surface area contributed by atoms with E-state index >= 15 is 0 Å². The van der Waals surface area contributed by atoms with E-state index in [4.69, 9.17) is 9.84 Å². The Morgan fingerprint density at radius 2 is 1.93 bits per heavy atom. The minimum Gasteiger partial charge on any atom is -0.598 e. The highest BCUT2D eigenvalue weighted by molar-refractivity contribution is 9.10. The number of halogens is 1. The molecule has 0 aliphatic carbocycles. The fourth-order valence-corrected chi connectivity index (χ4v) is 4.03. The molecule has 0 amide bonds. The van der Waals surface area contributed by atoms with Crippen molar-refractivity contribution in [2.24, 2.45) is 0 Å². The second-order valence-corrected chi connectivity index (χ2v) is 10.3. The average Bonchev–Trinajstić information content (AvgIpc) is 2.59. The number of hydrogen-bond donors (Lipinski definition) is 2. The van der Waals surface area contributed by atoms with E-state index in [1.807, 2.05) is 51.1 Å². The molecule has 28 heavy (non-hydrogen) atoms. The second-order valence-electron chi connectivity index (χ2n) is 7.41. The van der Waals surface area contributed by atoms with Crippen molar-refractivity contribution in [3.05, 3.63) is 40.4 Å². The van der Waals surface area contributed by atoms with Gasteiger partial charge in [-0.15, -0.1) is 4.72 Å². The monoisotopic (exact) mass is 469 g/mol. The standard InChI is InChI=1S/C20H24BrNO5S/c1-20(2,3)28(26)22-18(9-12(23)10-19(24)25)15-7-8-17(21)14-6-5-13(27-4)11-16(14)15/h5-8,11,18,22H,9-10H2,1-4H3,(H,24,25)/t18-,28?/m0/s1. The maximum absolute atomic E-state index is 12.7. The van der Waals surface area contributed by atoms with Gasteiger partial charge in [-0.2, -0.15) is 0 Å². The van der Waals surface area contributed by atoms with Gasteiger partial charge in [0.1, 0.15) is 22.7 Å². The van der Waals surface area contributed by atoms with Gasteiger partial charge in [-0.1, -0.05) is 22.0 Å². The Bertz CT molecular complexity index is 881. The summed E-state index contributed by atoms with van der Waals surface area (Å²) in [5.74, 6) is -0.961. The number of ketones is 1. The highest BCUT2D eigenvalue weighted by atomic mass is 79.9. The number of carboxylic acid groups (broad SMARTS) is 1. The van der Waals surface area contributed by atoms with Crippen LogP contribution in [0.2, 0.25) is 0 Å². The van der Waals surface area contributed by atoms with Crippen LogP contribution in [-0.2, 0) is 21.0 Å². The molecule has 152 valence electrons. The fourth-order valence-electron chi connectivity index (χ4n) is 2.73. The van der Waals surface area contributed by atoms with Crippen molar-refractivity contribution < 1.29 is 24.0 Å². The van der Waals surface area contributed by atoms with Gasteiger partial charge in [0.25, 0.3) is 0 Å². The number of carbonyl (C=O) groups excluding carboxylic acids is 1. The van der Waals surface area contributed by atoms with E-state index in [1.54, 1.807) is 7.11 Å².